The average molecular weight is 580 g/mol. The smallest absolute Gasteiger partial charge is 0.123 e. The minimum atomic E-state index is -0.763. The highest BCUT2D eigenvalue weighted by atomic mass is 19.1. The summed E-state index contributed by atoms with van der Waals surface area (Å²) in [6.45, 7) is 0. The summed E-state index contributed by atoms with van der Waals surface area (Å²) in [6, 6.07) is 62.6. The first-order valence-corrected chi connectivity index (χ1v) is 15.3. The maximum atomic E-state index is 15.5. The molecule has 1 heterocycles. The first kappa shape index (κ1) is 26.9. The van der Waals surface area contributed by atoms with Gasteiger partial charge in [-0.15, -0.1) is 0 Å². The predicted octanol–water partition coefficient (Wildman–Crippen LogP) is 11.3. The summed E-state index contributed by atoms with van der Waals surface area (Å²) in [5, 5.41) is 0. The SMILES string of the molecule is Fc1ccc2c(c1)C(c1ccccc1)(c1ccccc1)c1cc(-c3ccccc3)ccc1N2c1ccc(-c2ccccc2)cc1. The quantitative estimate of drug-likeness (QED) is 0.196. The van der Waals surface area contributed by atoms with Gasteiger partial charge in [0, 0.05) is 5.69 Å². The van der Waals surface area contributed by atoms with Crippen molar-refractivity contribution in [3.63, 3.8) is 0 Å². The highest BCUT2D eigenvalue weighted by molar-refractivity contribution is 5.91. The van der Waals surface area contributed by atoms with E-state index in [1.165, 1.54) is 5.56 Å². The summed E-state index contributed by atoms with van der Waals surface area (Å²) in [7, 11) is 0. The zero-order chi connectivity index (χ0) is 30.2. The summed E-state index contributed by atoms with van der Waals surface area (Å²) in [4.78, 5) is 2.29. The largest absolute Gasteiger partial charge is 0.310 e. The second-order valence-corrected chi connectivity index (χ2v) is 11.5. The van der Waals surface area contributed by atoms with Crippen molar-refractivity contribution < 1.29 is 4.39 Å². The Kier molecular flexibility index (Phi) is 6.61. The molecule has 0 radical (unpaired) electrons. The Hall–Kier alpha value is -5.73. The number of halogens is 1. The molecule has 0 amide bonds. The molecule has 0 saturated heterocycles. The number of benzene rings is 7. The normalized spacial score (nSPS) is 13.1. The van der Waals surface area contributed by atoms with Crippen molar-refractivity contribution in [2.45, 2.75) is 5.41 Å². The molecule has 0 spiro atoms. The molecule has 0 aliphatic carbocycles. The third-order valence-corrected chi connectivity index (χ3v) is 9.00. The van der Waals surface area contributed by atoms with Crippen molar-refractivity contribution in [3.05, 3.63) is 210 Å². The summed E-state index contributed by atoms with van der Waals surface area (Å²) in [5.41, 5.74) is 11.0. The van der Waals surface area contributed by atoms with Gasteiger partial charge in [-0.1, -0.05) is 140 Å². The fourth-order valence-corrected chi connectivity index (χ4v) is 7.00. The fourth-order valence-electron chi connectivity index (χ4n) is 7.00. The van der Waals surface area contributed by atoms with E-state index in [1.54, 1.807) is 12.1 Å². The maximum Gasteiger partial charge on any atom is 0.123 e. The van der Waals surface area contributed by atoms with Crippen LogP contribution in [0.3, 0.4) is 0 Å². The molecule has 8 rings (SSSR count). The summed E-state index contributed by atoms with van der Waals surface area (Å²) >= 11 is 0. The lowest BCUT2D eigenvalue weighted by atomic mass is 9.62. The van der Waals surface area contributed by atoms with Crippen LogP contribution in [0.2, 0.25) is 0 Å². The van der Waals surface area contributed by atoms with Crippen molar-refractivity contribution >= 4 is 17.1 Å². The molecule has 0 unspecified atom stereocenters. The molecule has 1 nitrogen and oxygen atoms in total. The van der Waals surface area contributed by atoms with E-state index in [0.717, 1.165) is 56.0 Å². The van der Waals surface area contributed by atoms with Gasteiger partial charge >= 0.3 is 0 Å². The lowest BCUT2D eigenvalue weighted by molar-refractivity contribution is 0.618. The Balaban J connectivity index is 1.45. The highest BCUT2D eigenvalue weighted by Gasteiger charge is 2.46. The molecule has 214 valence electrons. The third kappa shape index (κ3) is 4.46. The molecule has 1 aliphatic heterocycles. The van der Waals surface area contributed by atoms with Gasteiger partial charge in [-0.3, -0.25) is 0 Å². The first-order chi connectivity index (χ1) is 22.2. The third-order valence-electron chi connectivity index (χ3n) is 9.00. The van der Waals surface area contributed by atoms with Crippen LogP contribution in [0.5, 0.6) is 0 Å². The molecule has 0 bridgehead atoms. The van der Waals surface area contributed by atoms with E-state index in [9.17, 15) is 0 Å². The molecule has 2 heteroatoms. The monoisotopic (exact) mass is 579 g/mol. The topological polar surface area (TPSA) is 3.24 Å². The van der Waals surface area contributed by atoms with Crippen molar-refractivity contribution in [1.82, 2.24) is 0 Å². The number of rotatable bonds is 5. The molecule has 0 aromatic heterocycles. The van der Waals surface area contributed by atoms with Crippen molar-refractivity contribution in [2.24, 2.45) is 0 Å². The average Bonchev–Trinajstić information content (AvgIpc) is 3.12. The second-order valence-electron chi connectivity index (χ2n) is 11.5. The van der Waals surface area contributed by atoms with Crippen molar-refractivity contribution in [1.29, 1.82) is 0 Å². The molecule has 1 aliphatic rings. The predicted molar refractivity (Wildman–Crippen MR) is 184 cm³/mol. The van der Waals surface area contributed by atoms with E-state index in [2.05, 4.69) is 144 Å². The number of hydrogen-bond donors (Lipinski definition) is 0. The number of anilines is 3. The Morgan fingerprint density at radius 3 is 1.36 bits per heavy atom. The Morgan fingerprint density at radius 2 is 0.800 bits per heavy atom. The van der Waals surface area contributed by atoms with Crippen molar-refractivity contribution in [2.75, 3.05) is 4.90 Å². The lowest BCUT2D eigenvalue weighted by Gasteiger charge is -2.46. The van der Waals surface area contributed by atoms with Crippen LogP contribution in [0.25, 0.3) is 22.3 Å². The zero-order valence-electron chi connectivity index (χ0n) is 24.6. The zero-order valence-corrected chi connectivity index (χ0v) is 24.6. The Morgan fingerprint density at radius 1 is 0.378 bits per heavy atom. The van der Waals surface area contributed by atoms with Gasteiger partial charge in [0.05, 0.1) is 16.8 Å². The van der Waals surface area contributed by atoms with Crippen LogP contribution in [0.4, 0.5) is 21.5 Å². The van der Waals surface area contributed by atoms with Gasteiger partial charge < -0.3 is 4.90 Å². The molecule has 7 aromatic rings. The molecule has 0 saturated carbocycles. The van der Waals surface area contributed by atoms with Crippen molar-refractivity contribution in [3.8, 4) is 22.3 Å². The highest BCUT2D eigenvalue weighted by Crippen LogP contribution is 2.58. The van der Waals surface area contributed by atoms with Gasteiger partial charge in [-0.05, 0) is 87.0 Å². The van der Waals surface area contributed by atoms with Gasteiger partial charge in [0.15, 0.2) is 0 Å². The number of nitrogens with zero attached hydrogens (tertiary/aromatic N) is 1. The number of fused-ring (bicyclic) bond motifs is 2. The molecule has 45 heavy (non-hydrogen) atoms. The summed E-state index contributed by atoms with van der Waals surface area (Å²) in [6.07, 6.45) is 0. The van der Waals surface area contributed by atoms with Crippen LogP contribution in [0.1, 0.15) is 22.3 Å². The van der Waals surface area contributed by atoms with Gasteiger partial charge in [-0.25, -0.2) is 4.39 Å². The van der Waals surface area contributed by atoms with E-state index < -0.39 is 5.41 Å². The van der Waals surface area contributed by atoms with Crippen LogP contribution in [0, 0.1) is 5.82 Å². The summed E-state index contributed by atoms with van der Waals surface area (Å²) in [5.74, 6) is -0.257. The van der Waals surface area contributed by atoms with Gasteiger partial charge in [0.25, 0.3) is 0 Å². The van der Waals surface area contributed by atoms with E-state index in [4.69, 9.17) is 0 Å². The van der Waals surface area contributed by atoms with E-state index in [0.29, 0.717) is 0 Å². The van der Waals surface area contributed by atoms with Crippen LogP contribution in [0.15, 0.2) is 182 Å². The minimum Gasteiger partial charge on any atom is -0.310 e. The van der Waals surface area contributed by atoms with Crippen LogP contribution < -0.4 is 4.90 Å². The fraction of sp³-hybridized carbons (Fsp3) is 0.0233. The summed E-state index contributed by atoms with van der Waals surface area (Å²) < 4.78 is 15.5. The van der Waals surface area contributed by atoms with Gasteiger partial charge in [-0.2, -0.15) is 0 Å². The first-order valence-electron chi connectivity index (χ1n) is 15.3. The van der Waals surface area contributed by atoms with Crippen LogP contribution in [-0.2, 0) is 5.41 Å². The maximum absolute atomic E-state index is 15.5. The van der Waals surface area contributed by atoms with E-state index in [1.807, 2.05) is 30.3 Å². The standard InChI is InChI=1S/C43H30FN/c44-37-24-28-42-40(30-37)43(35-17-9-3-10-18-35,36-19-11-4-12-20-36)39-29-34(32-15-7-2-8-16-32)23-27-41(39)45(42)38-25-21-33(22-26-38)31-13-5-1-6-14-31/h1-30H. The molecule has 0 N–H and O–H groups in total. The second kappa shape index (κ2) is 11.1. The minimum absolute atomic E-state index is 0.257. The molecular formula is C43H30FN. The molecular weight excluding hydrogens is 549 g/mol. The molecule has 0 fully saturated rings. The van der Waals surface area contributed by atoms with Crippen LogP contribution >= 0.6 is 0 Å². The number of hydrogen-bond acceptors (Lipinski definition) is 1. The Bertz CT molecular complexity index is 2050. The van der Waals surface area contributed by atoms with Gasteiger partial charge in [0.2, 0.25) is 0 Å². The Labute approximate surface area is 263 Å². The lowest BCUT2D eigenvalue weighted by Crippen LogP contribution is -2.38. The van der Waals surface area contributed by atoms with E-state index >= 15 is 4.39 Å². The van der Waals surface area contributed by atoms with Crippen LogP contribution in [-0.4, -0.2) is 0 Å². The molecule has 0 atom stereocenters. The molecule has 7 aromatic carbocycles. The van der Waals surface area contributed by atoms with E-state index in [-0.39, 0.29) is 5.82 Å². The van der Waals surface area contributed by atoms with Gasteiger partial charge in [0.1, 0.15) is 5.82 Å².